The van der Waals surface area contributed by atoms with Crippen molar-refractivity contribution in [2.75, 3.05) is 6.26 Å². The van der Waals surface area contributed by atoms with Gasteiger partial charge in [-0.15, -0.1) is 0 Å². The van der Waals surface area contributed by atoms with E-state index in [0.29, 0.717) is 0 Å². The summed E-state index contributed by atoms with van der Waals surface area (Å²) in [5, 5.41) is 2.24. The lowest BCUT2D eigenvalue weighted by atomic mass is 10.1. The second-order valence-electron chi connectivity index (χ2n) is 3.01. The fourth-order valence-corrected chi connectivity index (χ4v) is 1.39. The van der Waals surface area contributed by atoms with Crippen molar-refractivity contribution in [3.63, 3.8) is 0 Å². The first-order chi connectivity index (χ1) is 6.53. The van der Waals surface area contributed by atoms with Gasteiger partial charge in [0.1, 0.15) is 0 Å². The first-order valence-corrected chi connectivity index (χ1v) is 6.23. The molecule has 3 heteroatoms. The topological polar surface area (TPSA) is 34.1 Å². The predicted octanol–water partition coefficient (Wildman–Crippen LogP) is 1.60. The minimum absolute atomic E-state index is 0.792. The average Bonchev–Trinajstić information content (AvgIpc) is 2.14. The monoisotopic (exact) mass is 208 g/mol. The highest BCUT2D eigenvalue weighted by Crippen LogP contribution is 2.07. The predicted molar refractivity (Wildman–Crippen MR) is 57.5 cm³/mol. The summed E-state index contributed by atoms with van der Waals surface area (Å²) in [6, 6.07) is 7.55. The van der Waals surface area contributed by atoms with Gasteiger partial charge in [-0.25, -0.2) is 8.42 Å². The van der Waals surface area contributed by atoms with Crippen molar-refractivity contribution < 1.29 is 8.42 Å². The molecule has 0 fully saturated rings. The molecule has 0 N–H and O–H groups in total. The van der Waals surface area contributed by atoms with E-state index in [2.05, 4.69) is 11.2 Å². The van der Waals surface area contributed by atoms with Crippen LogP contribution in [0.25, 0.3) is 0 Å². The Balaban J connectivity index is 3.13. The van der Waals surface area contributed by atoms with Crippen LogP contribution in [0.15, 0.2) is 24.3 Å². The van der Waals surface area contributed by atoms with Crippen LogP contribution in [0.5, 0.6) is 0 Å². The summed E-state index contributed by atoms with van der Waals surface area (Å²) in [6.45, 7) is 2.01. The maximum atomic E-state index is 10.8. The van der Waals surface area contributed by atoms with E-state index >= 15 is 0 Å². The third-order valence-corrected chi connectivity index (χ3v) is 2.24. The lowest BCUT2D eigenvalue weighted by Gasteiger charge is -1.98. The minimum Gasteiger partial charge on any atom is -0.216 e. The second-order valence-corrected chi connectivity index (χ2v) is 4.76. The van der Waals surface area contributed by atoms with E-state index in [1.54, 1.807) is 0 Å². The zero-order chi connectivity index (χ0) is 10.6. The molecule has 0 saturated heterocycles. The van der Waals surface area contributed by atoms with Gasteiger partial charge in [0, 0.05) is 10.8 Å². The molecule has 0 saturated carbocycles. The maximum absolute atomic E-state index is 10.8. The van der Waals surface area contributed by atoms with Gasteiger partial charge in [-0.1, -0.05) is 25.1 Å². The molecule has 14 heavy (non-hydrogen) atoms. The zero-order valence-electron chi connectivity index (χ0n) is 8.24. The van der Waals surface area contributed by atoms with Gasteiger partial charge in [0.25, 0.3) is 0 Å². The molecule has 0 unspecified atom stereocenters. The van der Waals surface area contributed by atoms with Crippen LogP contribution in [-0.2, 0) is 16.3 Å². The molecule has 0 amide bonds. The molecule has 0 atom stereocenters. The molecule has 0 heterocycles. The van der Waals surface area contributed by atoms with E-state index in [1.807, 2.05) is 31.2 Å². The van der Waals surface area contributed by atoms with Gasteiger partial charge in [-0.05, 0) is 24.0 Å². The van der Waals surface area contributed by atoms with E-state index in [1.165, 1.54) is 0 Å². The van der Waals surface area contributed by atoms with Crippen LogP contribution < -0.4 is 0 Å². The molecule has 1 aromatic carbocycles. The Morgan fingerprint density at radius 1 is 1.29 bits per heavy atom. The summed E-state index contributed by atoms with van der Waals surface area (Å²) < 4.78 is 21.7. The van der Waals surface area contributed by atoms with Gasteiger partial charge >= 0.3 is 0 Å². The molecule has 0 aliphatic heterocycles. The molecule has 2 nitrogen and oxygen atoms in total. The first-order valence-electron chi connectivity index (χ1n) is 4.33. The Kier molecular flexibility index (Phi) is 3.32. The molecule has 0 bridgehead atoms. The molecule has 0 aliphatic rings. The van der Waals surface area contributed by atoms with Gasteiger partial charge < -0.3 is 0 Å². The van der Waals surface area contributed by atoms with Crippen LogP contribution in [0, 0.1) is 11.2 Å². The maximum Gasteiger partial charge on any atom is 0.214 e. The molecule has 74 valence electrons. The normalized spacial score (nSPS) is 10.4. The third-order valence-electron chi connectivity index (χ3n) is 1.77. The lowest BCUT2D eigenvalue weighted by molar-refractivity contribution is 0.611. The van der Waals surface area contributed by atoms with Gasteiger partial charge in [0.2, 0.25) is 9.84 Å². The van der Waals surface area contributed by atoms with Crippen molar-refractivity contribution in [3.05, 3.63) is 35.4 Å². The molecule has 1 aromatic rings. The summed E-state index contributed by atoms with van der Waals surface area (Å²) in [5.74, 6) is 2.67. The molecule has 0 aliphatic carbocycles. The Labute approximate surface area is 84.9 Å². The van der Waals surface area contributed by atoms with Crippen molar-refractivity contribution in [1.82, 2.24) is 0 Å². The van der Waals surface area contributed by atoms with Gasteiger partial charge in [0.05, 0.1) is 6.26 Å². The fourth-order valence-electron chi connectivity index (χ4n) is 1.10. The number of sulfone groups is 1. The van der Waals surface area contributed by atoms with Crippen molar-refractivity contribution in [3.8, 4) is 11.2 Å². The van der Waals surface area contributed by atoms with E-state index in [-0.39, 0.29) is 0 Å². The Bertz CT molecular complexity index is 475. The molecule has 0 aromatic heterocycles. The quantitative estimate of drug-likeness (QED) is 0.657. The average molecular weight is 208 g/mol. The van der Waals surface area contributed by atoms with Crippen LogP contribution in [-0.4, -0.2) is 14.7 Å². The van der Waals surface area contributed by atoms with Crippen molar-refractivity contribution in [2.45, 2.75) is 13.3 Å². The second kappa shape index (κ2) is 4.30. The molecule has 0 spiro atoms. The largest absolute Gasteiger partial charge is 0.216 e. The van der Waals surface area contributed by atoms with Crippen LogP contribution in [0.4, 0.5) is 0 Å². The number of rotatable bonds is 1. The standard InChI is InChI=1S/C11H12O2S/c1-3-10-6-4-5-7-11(10)8-9-14(2,12)13/h4-7H,3H2,1-2H3. The molecule has 1 rings (SSSR count). The summed E-state index contributed by atoms with van der Waals surface area (Å²) >= 11 is 0. The minimum atomic E-state index is -3.21. The molecular weight excluding hydrogens is 196 g/mol. The fraction of sp³-hybridized carbons (Fsp3) is 0.273. The molecule has 0 radical (unpaired) electrons. The van der Waals surface area contributed by atoms with Gasteiger partial charge in [-0.3, -0.25) is 0 Å². The van der Waals surface area contributed by atoms with Gasteiger partial charge in [0.15, 0.2) is 0 Å². The number of hydrogen-bond donors (Lipinski definition) is 0. The SMILES string of the molecule is CCc1ccccc1C#CS(C)(=O)=O. The van der Waals surface area contributed by atoms with E-state index in [9.17, 15) is 8.42 Å². The van der Waals surface area contributed by atoms with E-state index in [0.717, 1.165) is 23.8 Å². The van der Waals surface area contributed by atoms with Crippen LogP contribution in [0.1, 0.15) is 18.1 Å². The van der Waals surface area contributed by atoms with Crippen LogP contribution >= 0.6 is 0 Å². The summed E-state index contributed by atoms with van der Waals surface area (Å²) in [7, 11) is -3.21. The highest BCUT2D eigenvalue weighted by atomic mass is 32.2. The highest BCUT2D eigenvalue weighted by molar-refractivity contribution is 7.95. The smallest absolute Gasteiger partial charge is 0.214 e. The van der Waals surface area contributed by atoms with Crippen molar-refractivity contribution in [1.29, 1.82) is 0 Å². The third kappa shape index (κ3) is 3.23. The molecular formula is C11H12O2S. The Hall–Kier alpha value is -1.27. The van der Waals surface area contributed by atoms with Crippen molar-refractivity contribution >= 4 is 9.84 Å². The lowest BCUT2D eigenvalue weighted by Crippen LogP contribution is -1.91. The number of hydrogen-bond acceptors (Lipinski definition) is 2. The van der Waals surface area contributed by atoms with Gasteiger partial charge in [-0.2, -0.15) is 0 Å². The van der Waals surface area contributed by atoms with Crippen LogP contribution in [0.3, 0.4) is 0 Å². The Morgan fingerprint density at radius 3 is 2.50 bits per heavy atom. The summed E-state index contributed by atoms with van der Waals surface area (Å²) in [4.78, 5) is 0. The van der Waals surface area contributed by atoms with E-state index < -0.39 is 9.84 Å². The van der Waals surface area contributed by atoms with Crippen LogP contribution in [0.2, 0.25) is 0 Å². The Morgan fingerprint density at radius 2 is 1.93 bits per heavy atom. The first kappa shape index (κ1) is 10.8. The zero-order valence-corrected chi connectivity index (χ0v) is 9.06. The number of aryl methyl sites for hydroxylation is 1. The highest BCUT2D eigenvalue weighted by Gasteiger charge is 1.96. The van der Waals surface area contributed by atoms with E-state index in [4.69, 9.17) is 0 Å². The van der Waals surface area contributed by atoms with Crippen molar-refractivity contribution in [2.24, 2.45) is 0 Å². The summed E-state index contributed by atoms with van der Waals surface area (Å²) in [6.07, 6.45) is 1.96. The summed E-state index contributed by atoms with van der Waals surface area (Å²) in [5.41, 5.74) is 1.86. The number of benzene rings is 1.